The summed E-state index contributed by atoms with van der Waals surface area (Å²) < 4.78 is 10.9. The molecule has 2 aromatic rings. The fourth-order valence-electron chi connectivity index (χ4n) is 3.63. The SMILES string of the molecule is COc1cc(NC(=O)c2cn[nH]c2C2CCOC2)ccc1N1CCCC1=O. The molecule has 0 radical (unpaired) electrons. The number of anilines is 2. The summed E-state index contributed by atoms with van der Waals surface area (Å²) in [6.45, 7) is 1.97. The molecule has 0 spiro atoms. The van der Waals surface area contributed by atoms with E-state index in [2.05, 4.69) is 15.5 Å². The lowest BCUT2D eigenvalue weighted by atomic mass is 10.0. The van der Waals surface area contributed by atoms with Crippen molar-refractivity contribution in [2.45, 2.75) is 25.2 Å². The summed E-state index contributed by atoms with van der Waals surface area (Å²) in [4.78, 5) is 26.5. The number of nitrogens with one attached hydrogen (secondary N) is 2. The van der Waals surface area contributed by atoms with E-state index >= 15 is 0 Å². The molecule has 2 N–H and O–H groups in total. The Morgan fingerprint density at radius 2 is 2.33 bits per heavy atom. The third-order valence-electron chi connectivity index (χ3n) is 5.05. The Morgan fingerprint density at radius 3 is 3.04 bits per heavy atom. The highest BCUT2D eigenvalue weighted by molar-refractivity contribution is 6.05. The number of carbonyl (C=O) groups excluding carboxylic acids is 2. The van der Waals surface area contributed by atoms with Crippen LogP contribution in [0.5, 0.6) is 5.75 Å². The van der Waals surface area contributed by atoms with Crippen molar-refractivity contribution in [3.05, 3.63) is 35.7 Å². The summed E-state index contributed by atoms with van der Waals surface area (Å²) in [5.74, 6) is 0.565. The average Bonchev–Trinajstić information content (AvgIpc) is 3.42. The molecule has 1 aromatic heterocycles. The van der Waals surface area contributed by atoms with Crippen LogP contribution in [-0.2, 0) is 9.53 Å². The highest BCUT2D eigenvalue weighted by Crippen LogP contribution is 2.34. The summed E-state index contributed by atoms with van der Waals surface area (Å²) in [5, 5.41) is 9.84. The van der Waals surface area contributed by atoms with E-state index in [0.29, 0.717) is 43.2 Å². The third-order valence-corrected chi connectivity index (χ3v) is 5.05. The molecular weight excluding hydrogens is 348 g/mol. The Kier molecular flexibility index (Phi) is 4.81. The highest BCUT2D eigenvalue weighted by Gasteiger charge is 2.26. The maximum Gasteiger partial charge on any atom is 0.259 e. The summed E-state index contributed by atoms with van der Waals surface area (Å²) in [7, 11) is 1.55. The lowest BCUT2D eigenvalue weighted by Crippen LogP contribution is -2.24. The van der Waals surface area contributed by atoms with Crippen LogP contribution in [0.3, 0.4) is 0 Å². The molecule has 4 rings (SSSR count). The molecular formula is C19H22N4O4. The molecule has 8 heteroatoms. The minimum atomic E-state index is -0.238. The lowest BCUT2D eigenvalue weighted by molar-refractivity contribution is -0.117. The minimum Gasteiger partial charge on any atom is -0.494 e. The van der Waals surface area contributed by atoms with Crippen LogP contribution in [0, 0.1) is 0 Å². The van der Waals surface area contributed by atoms with Gasteiger partial charge in [0.25, 0.3) is 5.91 Å². The predicted molar refractivity (Wildman–Crippen MR) is 99.3 cm³/mol. The Hall–Kier alpha value is -2.87. The Bertz CT molecular complexity index is 857. The first kappa shape index (κ1) is 17.5. The zero-order valence-corrected chi connectivity index (χ0v) is 15.2. The van der Waals surface area contributed by atoms with E-state index < -0.39 is 0 Å². The summed E-state index contributed by atoms with van der Waals surface area (Å²) in [6.07, 6.45) is 3.80. The molecule has 2 amide bonds. The summed E-state index contributed by atoms with van der Waals surface area (Å²) in [6, 6.07) is 5.32. The molecule has 0 bridgehead atoms. The van der Waals surface area contributed by atoms with Gasteiger partial charge in [-0.3, -0.25) is 14.7 Å². The van der Waals surface area contributed by atoms with Gasteiger partial charge in [0.05, 0.1) is 36.9 Å². The number of H-pyrrole nitrogens is 1. The number of carbonyl (C=O) groups is 2. The monoisotopic (exact) mass is 370 g/mol. The molecule has 0 saturated carbocycles. The van der Waals surface area contributed by atoms with Crippen LogP contribution in [0.4, 0.5) is 11.4 Å². The van der Waals surface area contributed by atoms with Crippen LogP contribution in [0.1, 0.15) is 41.2 Å². The van der Waals surface area contributed by atoms with E-state index in [4.69, 9.17) is 9.47 Å². The maximum absolute atomic E-state index is 12.7. The molecule has 2 fully saturated rings. The Morgan fingerprint density at radius 1 is 1.44 bits per heavy atom. The first-order chi connectivity index (χ1) is 13.2. The molecule has 3 heterocycles. The van der Waals surface area contributed by atoms with Gasteiger partial charge in [-0.05, 0) is 25.0 Å². The van der Waals surface area contributed by atoms with Gasteiger partial charge in [-0.1, -0.05) is 0 Å². The van der Waals surface area contributed by atoms with Crippen LogP contribution in [0.25, 0.3) is 0 Å². The van der Waals surface area contributed by atoms with Crippen LogP contribution >= 0.6 is 0 Å². The number of aromatic nitrogens is 2. The second kappa shape index (κ2) is 7.40. The largest absolute Gasteiger partial charge is 0.494 e. The van der Waals surface area contributed by atoms with Crippen molar-refractivity contribution in [3.8, 4) is 5.75 Å². The van der Waals surface area contributed by atoms with Gasteiger partial charge >= 0.3 is 0 Å². The van der Waals surface area contributed by atoms with Crippen molar-refractivity contribution >= 4 is 23.2 Å². The molecule has 1 unspecified atom stereocenters. The number of aromatic amines is 1. The number of amides is 2. The molecule has 8 nitrogen and oxygen atoms in total. The van der Waals surface area contributed by atoms with E-state index in [1.807, 2.05) is 0 Å². The average molecular weight is 370 g/mol. The van der Waals surface area contributed by atoms with Crippen LogP contribution < -0.4 is 15.0 Å². The molecule has 142 valence electrons. The number of hydrogen-bond acceptors (Lipinski definition) is 5. The number of rotatable bonds is 5. The van der Waals surface area contributed by atoms with Gasteiger partial charge in [0.1, 0.15) is 5.75 Å². The quantitative estimate of drug-likeness (QED) is 0.842. The van der Waals surface area contributed by atoms with Gasteiger partial charge in [-0.15, -0.1) is 0 Å². The number of benzene rings is 1. The van der Waals surface area contributed by atoms with E-state index in [1.165, 1.54) is 6.20 Å². The van der Waals surface area contributed by atoms with E-state index in [-0.39, 0.29) is 17.7 Å². The van der Waals surface area contributed by atoms with E-state index in [1.54, 1.807) is 30.2 Å². The highest BCUT2D eigenvalue weighted by atomic mass is 16.5. The second-order valence-corrected chi connectivity index (χ2v) is 6.75. The van der Waals surface area contributed by atoms with Crippen molar-refractivity contribution in [2.75, 3.05) is 37.1 Å². The van der Waals surface area contributed by atoms with Crippen molar-refractivity contribution in [2.24, 2.45) is 0 Å². The van der Waals surface area contributed by atoms with Crippen LogP contribution in [-0.4, -0.2) is 48.9 Å². The first-order valence-corrected chi connectivity index (χ1v) is 9.08. The van der Waals surface area contributed by atoms with Gasteiger partial charge in [-0.2, -0.15) is 5.10 Å². The van der Waals surface area contributed by atoms with E-state index in [0.717, 1.165) is 24.2 Å². The summed E-state index contributed by atoms with van der Waals surface area (Å²) >= 11 is 0. The molecule has 0 aliphatic carbocycles. The summed E-state index contributed by atoms with van der Waals surface area (Å²) in [5.41, 5.74) is 2.65. The molecule has 2 aliphatic heterocycles. The first-order valence-electron chi connectivity index (χ1n) is 9.08. The fourth-order valence-corrected chi connectivity index (χ4v) is 3.63. The smallest absolute Gasteiger partial charge is 0.259 e. The normalized spacial score (nSPS) is 19.5. The zero-order chi connectivity index (χ0) is 18.8. The van der Waals surface area contributed by atoms with Gasteiger partial charge in [0.15, 0.2) is 0 Å². The standard InChI is InChI=1S/C19H22N4O4/c1-26-16-9-13(4-5-15(16)23-7-2-3-17(23)24)21-19(25)14-10-20-22-18(14)12-6-8-27-11-12/h4-5,9-10,12H,2-3,6-8,11H2,1H3,(H,20,22)(H,21,25). The van der Waals surface area contributed by atoms with Crippen molar-refractivity contribution in [1.82, 2.24) is 10.2 Å². The minimum absolute atomic E-state index is 0.0897. The van der Waals surface area contributed by atoms with Crippen molar-refractivity contribution in [3.63, 3.8) is 0 Å². The topological polar surface area (TPSA) is 96.5 Å². The van der Waals surface area contributed by atoms with Crippen LogP contribution in [0.2, 0.25) is 0 Å². The number of methoxy groups -OCH3 is 1. The number of ether oxygens (including phenoxy) is 2. The maximum atomic E-state index is 12.7. The molecule has 2 saturated heterocycles. The molecule has 1 aromatic carbocycles. The van der Waals surface area contributed by atoms with Gasteiger partial charge in [-0.25, -0.2) is 0 Å². The van der Waals surface area contributed by atoms with Crippen LogP contribution in [0.15, 0.2) is 24.4 Å². The Balaban J connectivity index is 1.53. The van der Waals surface area contributed by atoms with Crippen molar-refractivity contribution in [1.29, 1.82) is 0 Å². The predicted octanol–water partition coefficient (Wildman–Crippen LogP) is 2.30. The third kappa shape index (κ3) is 3.40. The molecule has 2 aliphatic rings. The van der Waals surface area contributed by atoms with Gasteiger partial charge in [0.2, 0.25) is 5.91 Å². The lowest BCUT2D eigenvalue weighted by Gasteiger charge is -2.19. The second-order valence-electron chi connectivity index (χ2n) is 6.75. The zero-order valence-electron chi connectivity index (χ0n) is 15.2. The van der Waals surface area contributed by atoms with Gasteiger partial charge < -0.3 is 19.7 Å². The number of hydrogen-bond donors (Lipinski definition) is 2. The Labute approximate surface area is 156 Å². The van der Waals surface area contributed by atoms with Gasteiger partial charge in [0, 0.05) is 37.2 Å². The number of nitrogens with zero attached hydrogens (tertiary/aromatic N) is 2. The fraction of sp³-hybridized carbons (Fsp3) is 0.421. The van der Waals surface area contributed by atoms with Crippen molar-refractivity contribution < 1.29 is 19.1 Å². The van der Waals surface area contributed by atoms with E-state index in [9.17, 15) is 9.59 Å². The molecule has 27 heavy (non-hydrogen) atoms. The molecule has 1 atom stereocenters.